The molecule has 3 aromatic carbocycles. The molecule has 0 fully saturated rings. The largest absolute Gasteiger partial charge is 0.493 e. The van der Waals surface area contributed by atoms with Crippen molar-refractivity contribution in [3.05, 3.63) is 69.8 Å². The second kappa shape index (κ2) is 11.6. The van der Waals surface area contributed by atoms with Gasteiger partial charge in [-0.3, -0.25) is 4.79 Å². The summed E-state index contributed by atoms with van der Waals surface area (Å²) in [6.45, 7) is 5.02. The van der Waals surface area contributed by atoms with Gasteiger partial charge in [0.05, 0.1) is 23.9 Å². The number of amides is 1. The van der Waals surface area contributed by atoms with Gasteiger partial charge in [-0.2, -0.15) is 0 Å². The molecule has 0 aliphatic heterocycles. The monoisotopic (exact) mass is 547 g/mol. The van der Waals surface area contributed by atoms with Crippen molar-refractivity contribution in [1.29, 1.82) is 0 Å². The van der Waals surface area contributed by atoms with Gasteiger partial charge in [0, 0.05) is 11.3 Å². The van der Waals surface area contributed by atoms with E-state index >= 15 is 0 Å². The van der Waals surface area contributed by atoms with Crippen molar-refractivity contribution in [2.75, 3.05) is 25.6 Å². The Balaban J connectivity index is 1.72. The highest BCUT2D eigenvalue weighted by Crippen LogP contribution is 2.35. The van der Waals surface area contributed by atoms with Crippen molar-refractivity contribution < 1.29 is 23.7 Å². The fraction of sp³-hybridized carbons (Fsp3) is 0.240. The maximum Gasteiger partial charge on any atom is 0.255 e. The summed E-state index contributed by atoms with van der Waals surface area (Å²) in [5.41, 5.74) is 1.15. The van der Waals surface area contributed by atoms with Crippen molar-refractivity contribution in [3.8, 4) is 28.7 Å². The van der Waals surface area contributed by atoms with Crippen molar-refractivity contribution in [2.24, 2.45) is 0 Å². The lowest BCUT2D eigenvalue weighted by Gasteiger charge is -2.15. The van der Waals surface area contributed by atoms with E-state index in [1.165, 1.54) is 0 Å². The van der Waals surface area contributed by atoms with Crippen LogP contribution in [0.2, 0.25) is 0 Å². The van der Waals surface area contributed by atoms with Crippen LogP contribution in [0.25, 0.3) is 0 Å². The number of ether oxygens (including phenoxy) is 4. The lowest BCUT2D eigenvalue weighted by Crippen LogP contribution is -2.13. The van der Waals surface area contributed by atoms with Crippen LogP contribution < -0.4 is 24.3 Å². The summed E-state index contributed by atoms with van der Waals surface area (Å²) in [7, 11) is 1.60. The van der Waals surface area contributed by atoms with E-state index in [0.717, 1.165) is 9.99 Å². The van der Waals surface area contributed by atoms with E-state index in [2.05, 4.69) is 27.9 Å². The van der Waals surface area contributed by atoms with Crippen LogP contribution >= 0.6 is 22.6 Å². The predicted octanol–water partition coefficient (Wildman–Crippen LogP) is 6.53. The Morgan fingerprint density at radius 3 is 2.31 bits per heavy atom. The molecule has 0 heterocycles. The first-order chi connectivity index (χ1) is 15.5. The average Bonchev–Trinajstić information content (AvgIpc) is 2.80. The number of halogens is 1. The molecule has 0 aliphatic rings. The van der Waals surface area contributed by atoms with Crippen LogP contribution in [0.1, 0.15) is 30.6 Å². The third kappa shape index (κ3) is 6.06. The molecule has 0 radical (unpaired) electrons. The fourth-order valence-electron chi connectivity index (χ4n) is 2.95. The lowest BCUT2D eigenvalue weighted by atomic mass is 10.1. The molecule has 0 saturated carbocycles. The van der Waals surface area contributed by atoms with Gasteiger partial charge in [0.1, 0.15) is 5.75 Å². The number of para-hydroxylation sites is 2. The first-order valence-electron chi connectivity index (χ1n) is 10.4. The Morgan fingerprint density at radius 2 is 1.66 bits per heavy atom. The van der Waals surface area contributed by atoms with Crippen LogP contribution in [-0.4, -0.2) is 26.2 Å². The maximum absolute atomic E-state index is 12.8. The first-order valence-corrected chi connectivity index (χ1v) is 11.4. The second-order valence-corrected chi connectivity index (χ2v) is 7.96. The van der Waals surface area contributed by atoms with Gasteiger partial charge in [-0.1, -0.05) is 19.1 Å². The van der Waals surface area contributed by atoms with Crippen LogP contribution in [0.15, 0.2) is 60.7 Å². The van der Waals surface area contributed by atoms with Crippen molar-refractivity contribution >= 4 is 34.2 Å². The van der Waals surface area contributed by atoms with E-state index in [1.54, 1.807) is 43.5 Å². The zero-order chi connectivity index (χ0) is 22.9. The molecular formula is C25H26INO5. The standard InChI is InChI=1S/C25H26INO5/c1-4-14-31-24-20(26)15-17(16-23(24)30-5-2)25(28)27-18-10-12-19(13-11-18)32-22-9-7-6-8-21(22)29-3/h6-13,15-16H,4-5,14H2,1-3H3,(H,27,28). The zero-order valence-corrected chi connectivity index (χ0v) is 20.5. The number of anilines is 1. The minimum absolute atomic E-state index is 0.232. The molecule has 0 atom stereocenters. The van der Waals surface area contributed by atoms with Gasteiger partial charge in [0.15, 0.2) is 23.0 Å². The van der Waals surface area contributed by atoms with Gasteiger partial charge >= 0.3 is 0 Å². The molecule has 0 aromatic heterocycles. The molecule has 7 heteroatoms. The Hall–Kier alpha value is -2.94. The number of hydrogen-bond acceptors (Lipinski definition) is 5. The number of carbonyl (C=O) groups is 1. The van der Waals surface area contributed by atoms with Crippen LogP contribution in [0.5, 0.6) is 28.7 Å². The molecule has 0 spiro atoms. The number of nitrogens with one attached hydrogen (secondary N) is 1. The third-order valence-corrected chi connectivity index (χ3v) is 5.23. The van der Waals surface area contributed by atoms with E-state index in [0.29, 0.717) is 53.2 Å². The molecule has 1 N–H and O–H groups in total. The summed E-state index contributed by atoms with van der Waals surface area (Å²) in [4.78, 5) is 12.8. The minimum Gasteiger partial charge on any atom is -0.493 e. The Labute approximate surface area is 202 Å². The summed E-state index contributed by atoms with van der Waals surface area (Å²) < 4.78 is 23.5. The summed E-state index contributed by atoms with van der Waals surface area (Å²) in [5, 5.41) is 2.91. The molecule has 3 rings (SSSR count). The van der Waals surface area contributed by atoms with Gasteiger partial charge in [0.2, 0.25) is 0 Å². The van der Waals surface area contributed by atoms with E-state index in [4.69, 9.17) is 18.9 Å². The first kappa shape index (κ1) is 23.7. The Bertz CT molecular complexity index is 1050. The quantitative estimate of drug-likeness (QED) is 0.293. The van der Waals surface area contributed by atoms with Gasteiger partial charge in [-0.15, -0.1) is 0 Å². The molecule has 1 amide bonds. The smallest absolute Gasteiger partial charge is 0.255 e. The van der Waals surface area contributed by atoms with E-state index in [1.807, 2.05) is 38.1 Å². The molecule has 32 heavy (non-hydrogen) atoms. The molecule has 0 unspecified atom stereocenters. The van der Waals surface area contributed by atoms with E-state index in [9.17, 15) is 4.79 Å². The number of benzene rings is 3. The SMILES string of the molecule is CCCOc1c(I)cc(C(=O)Nc2ccc(Oc3ccccc3OC)cc2)cc1OCC. The van der Waals surface area contributed by atoms with Gasteiger partial charge in [-0.25, -0.2) is 0 Å². The molecule has 0 saturated heterocycles. The van der Waals surface area contributed by atoms with Crippen LogP contribution in [0.3, 0.4) is 0 Å². The maximum atomic E-state index is 12.8. The number of hydrogen-bond donors (Lipinski definition) is 1. The molecule has 0 aliphatic carbocycles. The van der Waals surface area contributed by atoms with E-state index in [-0.39, 0.29) is 5.91 Å². The molecular weight excluding hydrogens is 521 g/mol. The minimum atomic E-state index is -0.232. The summed E-state index contributed by atoms with van der Waals surface area (Å²) >= 11 is 2.16. The van der Waals surface area contributed by atoms with Crippen molar-refractivity contribution in [1.82, 2.24) is 0 Å². The van der Waals surface area contributed by atoms with Gasteiger partial charge in [0.25, 0.3) is 5.91 Å². The highest BCUT2D eigenvalue weighted by molar-refractivity contribution is 14.1. The topological polar surface area (TPSA) is 66.0 Å². The predicted molar refractivity (Wildman–Crippen MR) is 134 cm³/mol. The van der Waals surface area contributed by atoms with Gasteiger partial charge in [-0.05, 0) is 84.5 Å². The van der Waals surface area contributed by atoms with Crippen LogP contribution in [0.4, 0.5) is 5.69 Å². The Kier molecular flexibility index (Phi) is 8.61. The number of methoxy groups -OCH3 is 1. The summed E-state index contributed by atoms with van der Waals surface area (Å²) in [6.07, 6.45) is 0.890. The van der Waals surface area contributed by atoms with Crippen LogP contribution in [0, 0.1) is 3.57 Å². The third-order valence-electron chi connectivity index (χ3n) is 4.43. The molecule has 6 nitrogen and oxygen atoms in total. The molecule has 3 aromatic rings. The van der Waals surface area contributed by atoms with E-state index < -0.39 is 0 Å². The fourth-order valence-corrected chi connectivity index (χ4v) is 3.70. The lowest BCUT2D eigenvalue weighted by molar-refractivity contribution is 0.102. The van der Waals surface area contributed by atoms with Crippen LogP contribution in [-0.2, 0) is 0 Å². The Morgan fingerprint density at radius 1 is 0.938 bits per heavy atom. The molecule has 0 bridgehead atoms. The summed E-state index contributed by atoms with van der Waals surface area (Å²) in [6, 6.07) is 18.1. The average molecular weight is 547 g/mol. The normalized spacial score (nSPS) is 10.4. The molecule has 168 valence electrons. The number of carbonyl (C=O) groups excluding carboxylic acids is 1. The highest BCUT2D eigenvalue weighted by Gasteiger charge is 2.16. The second-order valence-electron chi connectivity index (χ2n) is 6.80. The zero-order valence-electron chi connectivity index (χ0n) is 18.3. The summed E-state index contributed by atoms with van der Waals surface area (Å²) in [5.74, 6) is 2.91. The van der Waals surface area contributed by atoms with Crippen molar-refractivity contribution in [3.63, 3.8) is 0 Å². The number of rotatable bonds is 10. The highest BCUT2D eigenvalue weighted by atomic mass is 127. The van der Waals surface area contributed by atoms with Gasteiger partial charge < -0.3 is 24.3 Å². The van der Waals surface area contributed by atoms with Crippen molar-refractivity contribution in [2.45, 2.75) is 20.3 Å².